The molecule has 4 rings (SSSR count). The van der Waals surface area contributed by atoms with Crippen LogP contribution < -0.4 is 5.73 Å². The molecule has 0 aromatic heterocycles. The maximum absolute atomic E-state index is 13.1. The van der Waals surface area contributed by atoms with E-state index in [9.17, 15) is 9.59 Å². The molecule has 9 nitrogen and oxygen atoms in total. The molecule has 0 bridgehead atoms. The first-order chi connectivity index (χ1) is 15.0. The van der Waals surface area contributed by atoms with Gasteiger partial charge in [-0.15, -0.1) is 0 Å². The SMILES string of the molecule is CC12CCC3C(CC(=O)C4C/C(=N/OCCN)CCC43C)C1CCC2=O.O=C(O)C(=O)O. The highest BCUT2D eigenvalue weighted by atomic mass is 16.6. The van der Waals surface area contributed by atoms with Gasteiger partial charge in [-0.2, -0.15) is 0 Å². The molecule has 4 saturated carbocycles. The summed E-state index contributed by atoms with van der Waals surface area (Å²) in [4.78, 5) is 49.1. The summed E-state index contributed by atoms with van der Waals surface area (Å²) in [6.07, 6.45) is 7.13. The van der Waals surface area contributed by atoms with Crippen LogP contribution in [-0.4, -0.2) is 52.6 Å². The number of carboxylic acid groups (broad SMARTS) is 2. The van der Waals surface area contributed by atoms with Gasteiger partial charge in [-0.25, -0.2) is 9.59 Å². The highest BCUT2D eigenvalue weighted by molar-refractivity contribution is 6.27. The quantitative estimate of drug-likeness (QED) is 0.336. The van der Waals surface area contributed by atoms with Crippen molar-refractivity contribution in [1.82, 2.24) is 0 Å². The maximum Gasteiger partial charge on any atom is 0.414 e. The van der Waals surface area contributed by atoms with Gasteiger partial charge in [0.2, 0.25) is 0 Å². The Labute approximate surface area is 187 Å². The van der Waals surface area contributed by atoms with Gasteiger partial charge in [0, 0.05) is 30.7 Å². The number of fused-ring (bicyclic) bond motifs is 5. The largest absolute Gasteiger partial charge is 0.473 e. The van der Waals surface area contributed by atoms with E-state index in [1.54, 1.807) is 0 Å². The summed E-state index contributed by atoms with van der Waals surface area (Å²) >= 11 is 0. The minimum absolute atomic E-state index is 0.0554. The van der Waals surface area contributed by atoms with Crippen molar-refractivity contribution in [3.05, 3.63) is 0 Å². The van der Waals surface area contributed by atoms with Crippen molar-refractivity contribution in [3.63, 3.8) is 0 Å². The van der Waals surface area contributed by atoms with Crippen molar-refractivity contribution < 1.29 is 34.2 Å². The fraction of sp³-hybridized carbons (Fsp3) is 0.783. The zero-order valence-electron chi connectivity index (χ0n) is 18.8. The number of ketones is 2. The summed E-state index contributed by atoms with van der Waals surface area (Å²) in [6, 6.07) is 0. The number of hydrogen-bond acceptors (Lipinski definition) is 7. The van der Waals surface area contributed by atoms with E-state index in [1.807, 2.05) is 0 Å². The van der Waals surface area contributed by atoms with Crippen LogP contribution in [0.15, 0.2) is 5.16 Å². The number of Topliss-reactive ketones (excluding diaryl/α,β-unsaturated/α-hetero) is 2. The third-order valence-electron chi connectivity index (χ3n) is 8.59. The number of carbonyl (C=O) groups excluding carboxylic acids is 2. The first kappa shape index (κ1) is 24.4. The fourth-order valence-electron chi connectivity index (χ4n) is 6.89. The lowest BCUT2D eigenvalue weighted by atomic mass is 9.45. The molecule has 0 aliphatic heterocycles. The van der Waals surface area contributed by atoms with E-state index < -0.39 is 11.9 Å². The second-order valence-corrected chi connectivity index (χ2v) is 10.1. The van der Waals surface area contributed by atoms with Crippen LogP contribution in [0, 0.1) is 34.5 Å². The Balaban J connectivity index is 0.000000427. The van der Waals surface area contributed by atoms with Gasteiger partial charge < -0.3 is 20.8 Å². The predicted molar refractivity (Wildman–Crippen MR) is 115 cm³/mol. The van der Waals surface area contributed by atoms with E-state index in [4.69, 9.17) is 30.4 Å². The summed E-state index contributed by atoms with van der Waals surface area (Å²) < 4.78 is 0. The number of rotatable bonds is 3. The van der Waals surface area contributed by atoms with Crippen LogP contribution in [0.1, 0.15) is 65.2 Å². The molecule has 0 aromatic rings. The Hall–Kier alpha value is -2.29. The first-order valence-electron chi connectivity index (χ1n) is 11.4. The Bertz CT molecular complexity index is 813. The highest BCUT2D eigenvalue weighted by Crippen LogP contribution is 2.64. The molecule has 0 spiro atoms. The van der Waals surface area contributed by atoms with Crippen molar-refractivity contribution in [1.29, 1.82) is 0 Å². The third-order valence-corrected chi connectivity index (χ3v) is 8.59. The van der Waals surface area contributed by atoms with E-state index >= 15 is 0 Å². The summed E-state index contributed by atoms with van der Waals surface area (Å²) in [5, 5.41) is 19.0. The van der Waals surface area contributed by atoms with Crippen molar-refractivity contribution >= 4 is 29.2 Å². The van der Waals surface area contributed by atoms with Gasteiger partial charge in [0.25, 0.3) is 0 Å². The van der Waals surface area contributed by atoms with Crippen LogP contribution in [0.25, 0.3) is 0 Å². The molecule has 4 aliphatic rings. The van der Waals surface area contributed by atoms with E-state index in [0.717, 1.165) is 44.2 Å². The van der Waals surface area contributed by atoms with Crippen LogP contribution in [0.2, 0.25) is 0 Å². The molecule has 0 saturated heterocycles. The van der Waals surface area contributed by atoms with Gasteiger partial charge in [-0.1, -0.05) is 19.0 Å². The lowest BCUT2D eigenvalue weighted by Gasteiger charge is -2.58. The summed E-state index contributed by atoms with van der Waals surface area (Å²) in [7, 11) is 0. The standard InChI is InChI=1S/C21H32N2O3.C2H2O4/c1-20-7-5-13(23-26-10-9-22)11-17(20)18(24)12-14-15-3-4-19(25)21(15,2)8-6-16(14)20;3-1(4)2(5)6/h14-17H,3-12,22H2,1-2H3;(H,3,4)(H,5,6)/b23-13+;. The average molecular weight is 451 g/mol. The van der Waals surface area contributed by atoms with Crippen molar-refractivity contribution in [2.24, 2.45) is 45.4 Å². The number of carboxylic acids is 2. The van der Waals surface area contributed by atoms with E-state index in [2.05, 4.69) is 19.0 Å². The number of aliphatic carboxylic acids is 2. The van der Waals surface area contributed by atoms with Crippen LogP contribution in [0.4, 0.5) is 0 Å². The molecule has 4 fully saturated rings. The van der Waals surface area contributed by atoms with Crippen LogP contribution in [0.5, 0.6) is 0 Å². The molecule has 4 aliphatic carbocycles. The smallest absolute Gasteiger partial charge is 0.414 e. The first-order valence-corrected chi connectivity index (χ1v) is 11.4. The Morgan fingerprint density at radius 2 is 1.75 bits per heavy atom. The van der Waals surface area contributed by atoms with Gasteiger partial charge in [0.1, 0.15) is 18.2 Å². The van der Waals surface area contributed by atoms with E-state index in [-0.39, 0.29) is 16.7 Å². The maximum atomic E-state index is 13.1. The molecule has 0 heterocycles. The summed E-state index contributed by atoms with van der Waals surface area (Å²) in [5.74, 6) is -1.36. The van der Waals surface area contributed by atoms with Crippen molar-refractivity contribution in [2.45, 2.75) is 65.2 Å². The van der Waals surface area contributed by atoms with Crippen LogP contribution in [-0.2, 0) is 24.0 Å². The minimum Gasteiger partial charge on any atom is -0.473 e. The molecular formula is C23H34N2O7. The van der Waals surface area contributed by atoms with Gasteiger partial charge >= 0.3 is 11.9 Å². The van der Waals surface area contributed by atoms with Crippen molar-refractivity contribution in [3.8, 4) is 0 Å². The molecule has 0 amide bonds. The van der Waals surface area contributed by atoms with Crippen molar-refractivity contribution in [2.75, 3.05) is 13.2 Å². The zero-order chi connectivity index (χ0) is 23.7. The monoisotopic (exact) mass is 450 g/mol. The average Bonchev–Trinajstić information content (AvgIpc) is 3.04. The molecule has 0 radical (unpaired) electrons. The lowest BCUT2D eigenvalue weighted by Crippen LogP contribution is -2.56. The molecule has 4 N–H and O–H groups in total. The Morgan fingerprint density at radius 1 is 1.06 bits per heavy atom. The van der Waals surface area contributed by atoms with Gasteiger partial charge in [-0.3, -0.25) is 9.59 Å². The zero-order valence-corrected chi connectivity index (χ0v) is 18.8. The fourth-order valence-corrected chi connectivity index (χ4v) is 6.89. The number of nitrogens with zero attached hydrogens (tertiary/aromatic N) is 1. The number of oxime groups is 1. The minimum atomic E-state index is -1.82. The predicted octanol–water partition coefficient (Wildman–Crippen LogP) is 2.26. The highest BCUT2D eigenvalue weighted by Gasteiger charge is 2.62. The van der Waals surface area contributed by atoms with E-state index in [1.165, 1.54) is 0 Å². The topological polar surface area (TPSA) is 156 Å². The molecule has 178 valence electrons. The number of nitrogens with two attached hydrogens (primary N) is 1. The van der Waals surface area contributed by atoms with Crippen LogP contribution >= 0.6 is 0 Å². The molecular weight excluding hydrogens is 416 g/mol. The second kappa shape index (κ2) is 9.29. The molecule has 0 aromatic carbocycles. The third kappa shape index (κ3) is 4.31. The second-order valence-electron chi connectivity index (χ2n) is 10.1. The van der Waals surface area contributed by atoms with Gasteiger partial charge in [-0.05, 0) is 61.7 Å². The number of carbonyl (C=O) groups is 4. The van der Waals surface area contributed by atoms with Gasteiger partial charge in [0.05, 0.1) is 5.71 Å². The molecule has 6 unspecified atom stereocenters. The normalized spacial score (nSPS) is 39.3. The van der Waals surface area contributed by atoms with Gasteiger partial charge in [0.15, 0.2) is 0 Å². The summed E-state index contributed by atoms with van der Waals surface area (Å²) in [6.45, 7) is 5.39. The number of hydrogen-bond donors (Lipinski definition) is 3. The Kier molecular flexibility index (Phi) is 7.07. The molecule has 6 atom stereocenters. The van der Waals surface area contributed by atoms with Crippen LogP contribution in [0.3, 0.4) is 0 Å². The van der Waals surface area contributed by atoms with E-state index in [0.29, 0.717) is 55.3 Å². The Morgan fingerprint density at radius 3 is 2.38 bits per heavy atom. The lowest BCUT2D eigenvalue weighted by molar-refractivity contribution is -0.159. The molecule has 32 heavy (non-hydrogen) atoms. The molecule has 9 heteroatoms. The summed E-state index contributed by atoms with van der Waals surface area (Å²) in [5.41, 5.74) is 6.37.